The normalized spacial score (nSPS) is 11.4. The number of hydrogen-bond donors (Lipinski definition) is 2. The number of unbranched alkanes of at least 4 members (excludes halogenated alkanes) is 24. The highest BCUT2D eigenvalue weighted by molar-refractivity contribution is 5.68. The van der Waals surface area contributed by atoms with E-state index in [2.05, 4.69) is 27.7 Å². The summed E-state index contributed by atoms with van der Waals surface area (Å²) < 4.78 is 5.51. The average Bonchev–Trinajstić information content (AvgIpc) is 3.06. The van der Waals surface area contributed by atoms with Crippen molar-refractivity contribution in [1.82, 2.24) is 0 Å². The molecule has 0 saturated carbocycles. The molecule has 0 heterocycles. The van der Waals surface area contributed by atoms with E-state index in [4.69, 9.17) is 4.74 Å². The summed E-state index contributed by atoms with van der Waals surface area (Å²) in [6.07, 6.45) is 37.0. The molecule has 1 aromatic rings. The number of phenols is 1. The van der Waals surface area contributed by atoms with Gasteiger partial charge in [0.2, 0.25) is 0 Å². The zero-order valence-corrected chi connectivity index (χ0v) is 31.8. The molecule has 0 atom stereocenters. The Hall–Kier alpha value is -1.71. The molecule has 0 aliphatic heterocycles. The van der Waals surface area contributed by atoms with E-state index in [1.807, 2.05) is 0 Å². The zero-order valence-electron chi connectivity index (χ0n) is 31.8. The van der Waals surface area contributed by atoms with Crippen molar-refractivity contribution in [2.45, 2.75) is 233 Å². The maximum Gasteiger partial charge on any atom is 0.511 e. The molecule has 274 valence electrons. The summed E-state index contributed by atoms with van der Waals surface area (Å²) in [5.74, 6) is 0.375. The van der Waals surface area contributed by atoms with Crippen molar-refractivity contribution in [3.63, 3.8) is 0 Å². The first-order chi connectivity index (χ1) is 23.0. The van der Waals surface area contributed by atoms with E-state index < -0.39 is 6.16 Å². The van der Waals surface area contributed by atoms with Crippen LogP contribution >= 0.6 is 0 Å². The fourth-order valence-corrected chi connectivity index (χ4v) is 7.29. The lowest BCUT2D eigenvalue weighted by Crippen LogP contribution is -2.13. The number of carbonyl (C=O) groups is 1. The predicted octanol–water partition coefficient (Wildman–Crippen LogP) is 14.6. The van der Waals surface area contributed by atoms with Gasteiger partial charge < -0.3 is 14.9 Å². The fourth-order valence-electron chi connectivity index (χ4n) is 7.29. The molecule has 47 heavy (non-hydrogen) atoms. The summed E-state index contributed by atoms with van der Waals surface area (Å²) in [6.45, 7) is 9.05. The molecule has 4 nitrogen and oxygen atoms in total. The Kier molecular flexibility index (Phi) is 28.0. The third-order valence-corrected chi connectivity index (χ3v) is 10.2. The molecule has 2 N–H and O–H groups in total. The summed E-state index contributed by atoms with van der Waals surface area (Å²) in [4.78, 5) is 12.0. The van der Waals surface area contributed by atoms with Crippen LogP contribution in [0.4, 0.5) is 4.79 Å². The molecule has 0 aliphatic carbocycles. The third kappa shape index (κ3) is 20.4. The van der Waals surface area contributed by atoms with Gasteiger partial charge in [-0.05, 0) is 62.5 Å². The first-order valence-electron chi connectivity index (χ1n) is 20.8. The Balaban J connectivity index is 3.33. The standard InChI is InChI=1S/C43H78O4/c1-5-9-13-17-21-25-29-33-37-38(34-30-26-22-18-14-10-6-2)40(36-32-28-24-20-16-12-8-4)42(47-43(45)46)41(44)39(37)35-31-27-23-19-15-11-7-3/h44H,5-36H2,1-4H3,(H,45,46). The highest BCUT2D eigenvalue weighted by Crippen LogP contribution is 2.43. The van der Waals surface area contributed by atoms with Gasteiger partial charge in [0.05, 0.1) is 0 Å². The summed E-state index contributed by atoms with van der Waals surface area (Å²) in [7, 11) is 0. The van der Waals surface area contributed by atoms with Crippen LogP contribution in [0.5, 0.6) is 11.5 Å². The maximum atomic E-state index is 12.0. The van der Waals surface area contributed by atoms with Crippen LogP contribution in [0.1, 0.15) is 230 Å². The second kappa shape index (κ2) is 30.4. The number of rotatable bonds is 33. The van der Waals surface area contributed by atoms with Crippen molar-refractivity contribution in [3.8, 4) is 11.5 Å². The van der Waals surface area contributed by atoms with Gasteiger partial charge in [-0.15, -0.1) is 0 Å². The Morgan fingerprint density at radius 1 is 0.404 bits per heavy atom. The number of benzene rings is 1. The monoisotopic (exact) mass is 659 g/mol. The number of aromatic hydroxyl groups is 1. The molecule has 1 rings (SSSR count). The molecule has 0 unspecified atom stereocenters. The van der Waals surface area contributed by atoms with Gasteiger partial charge in [-0.1, -0.05) is 182 Å². The van der Waals surface area contributed by atoms with Gasteiger partial charge in [0.25, 0.3) is 0 Å². The van der Waals surface area contributed by atoms with E-state index in [9.17, 15) is 15.0 Å². The molecule has 0 amide bonds. The highest BCUT2D eigenvalue weighted by Gasteiger charge is 2.25. The lowest BCUT2D eigenvalue weighted by Gasteiger charge is -2.24. The van der Waals surface area contributed by atoms with Crippen molar-refractivity contribution in [3.05, 3.63) is 22.3 Å². The van der Waals surface area contributed by atoms with Gasteiger partial charge >= 0.3 is 6.16 Å². The number of ether oxygens (including phenoxy) is 1. The van der Waals surface area contributed by atoms with E-state index in [1.54, 1.807) is 0 Å². The quantitative estimate of drug-likeness (QED) is 0.0448. The van der Waals surface area contributed by atoms with Crippen LogP contribution in [0.25, 0.3) is 0 Å². The minimum atomic E-state index is -1.32. The van der Waals surface area contributed by atoms with Crippen molar-refractivity contribution in [2.75, 3.05) is 0 Å². The molecule has 4 heteroatoms. The molecule has 0 aliphatic rings. The van der Waals surface area contributed by atoms with Crippen LogP contribution in [0.2, 0.25) is 0 Å². The molecule has 0 fully saturated rings. The third-order valence-electron chi connectivity index (χ3n) is 10.2. The van der Waals surface area contributed by atoms with Gasteiger partial charge in [0.1, 0.15) is 0 Å². The molecule has 0 radical (unpaired) electrons. The molecular formula is C43H78O4. The van der Waals surface area contributed by atoms with Crippen LogP contribution in [-0.2, 0) is 25.7 Å². The minimum Gasteiger partial charge on any atom is -0.504 e. The van der Waals surface area contributed by atoms with Crippen LogP contribution in [0.15, 0.2) is 0 Å². The van der Waals surface area contributed by atoms with E-state index in [-0.39, 0.29) is 11.5 Å². The predicted molar refractivity (Wildman–Crippen MR) is 204 cm³/mol. The van der Waals surface area contributed by atoms with Crippen LogP contribution < -0.4 is 4.74 Å². The molecule has 0 spiro atoms. The first kappa shape index (κ1) is 43.3. The largest absolute Gasteiger partial charge is 0.511 e. The number of phenolic OH excluding ortho intramolecular Hbond substituents is 1. The molecule has 1 aromatic carbocycles. The second-order valence-electron chi connectivity index (χ2n) is 14.4. The zero-order chi connectivity index (χ0) is 34.4. The summed E-state index contributed by atoms with van der Waals surface area (Å²) in [5, 5.41) is 21.6. The topological polar surface area (TPSA) is 66.8 Å². The molecular weight excluding hydrogens is 580 g/mol. The lowest BCUT2D eigenvalue weighted by atomic mass is 9.84. The summed E-state index contributed by atoms with van der Waals surface area (Å²) >= 11 is 0. The van der Waals surface area contributed by atoms with E-state index in [1.165, 1.54) is 152 Å². The number of hydrogen-bond acceptors (Lipinski definition) is 3. The van der Waals surface area contributed by atoms with Crippen molar-refractivity contribution >= 4 is 6.16 Å². The maximum absolute atomic E-state index is 12.0. The van der Waals surface area contributed by atoms with E-state index in [0.29, 0.717) is 0 Å². The molecule has 0 saturated heterocycles. The van der Waals surface area contributed by atoms with Gasteiger partial charge in [0, 0.05) is 11.1 Å². The highest BCUT2D eigenvalue weighted by atomic mass is 16.7. The summed E-state index contributed by atoms with van der Waals surface area (Å²) in [5.41, 5.74) is 4.64. The van der Waals surface area contributed by atoms with Gasteiger partial charge in [0.15, 0.2) is 11.5 Å². The molecule has 0 aromatic heterocycles. The Morgan fingerprint density at radius 3 is 0.979 bits per heavy atom. The van der Waals surface area contributed by atoms with Crippen LogP contribution in [0.3, 0.4) is 0 Å². The van der Waals surface area contributed by atoms with E-state index in [0.717, 1.165) is 75.3 Å². The van der Waals surface area contributed by atoms with Crippen LogP contribution in [0, 0.1) is 0 Å². The SMILES string of the molecule is CCCCCCCCCc1c(O)c(OC(=O)O)c(CCCCCCCCC)c(CCCCCCCCC)c1CCCCCCCCC. The smallest absolute Gasteiger partial charge is 0.504 e. The Bertz CT molecular complexity index is 892. The van der Waals surface area contributed by atoms with Crippen molar-refractivity contribution in [2.24, 2.45) is 0 Å². The fraction of sp³-hybridized carbons (Fsp3) is 0.837. The van der Waals surface area contributed by atoms with Gasteiger partial charge in [-0.25, -0.2) is 4.79 Å². The number of carboxylic acid groups (broad SMARTS) is 1. The van der Waals surface area contributed by atoms with Crippen molar-refractivity contribution in [1.29, 1.82) is 0 Å². The van der Waals surface area contributed by atoms with Crippen molar-refractivity contribution < 1.29 is 19.7 Å². The van der Waals surface area contributed by atoms with Crippen LogP contribution in [-0.4, -0.2) is 16.4 Å². The minimum absolute atomic E-state index is 0.123. The first-order valence-corrected chi connectivity index (χ1v) is 20.8. The van der Waals surface area contributed by atoms with Gasteiger partial charge in [-0.2, -0.15) is 0 Å². The van der Waals surface area contributed by atoms with Gasteiger partial charge in [-0.3, -0.25) is 0 Å². The Labute approximate surface area is 292 Å². The van der Waals surface area contributed by atoms with E-state index >= 15 is 0 Å². The Morgan fingerprint density at radius 2 is 0.660 bits per heavy atom. The lowest BCUT2D eigenvalue weighted by molar-refractivity contribution is 0.142. The second-order valence-corrected chi connectivity index (χ2v) is 14.4. The summed E-state index contributed by atoms with van der Waals surface area (Å²) in [6, 6.07) is 0. The molecule has 0 bridgehead atoms. The average molecular weight is 659 g/mol.